The van der Waals surface area contributed by atoms with Crippen molar-refractivity contribution in [1.29, 1.82) is 0 Å². The van der Waals surface area contributed by atoms with Crippen LogP contribution in [0.15, 0.2) is 72.3 Å². The molecule has 0 saturated heterocycles. The third kappa shape index (κ3) is 4.67. The highest BCUT2D eigenvalue weighted by Gasteiger charge is 2.63. The van der Waals surface area contributed by atoms with Gasteiger partial charge >= 0.3 is 5.97 Å². The van der Waals surface area contributed by atoms with Crippen LogP contribution in [0.3, 0.4) is 0 Å². The van der Waals surface area contributed by atoms with Crippen LogP contribution in [-0.2, 0) is 15.0 Å². The minimum atomic E-state index is -1.35. The fourth-order valence-electron chi connectivity index (χ4n) is 6.03. The lowest BCUT2D eigenvalue weighted by molar-refractivity contribution is -0.122. The average molecular weight is 581 g/mol. The van der Waals surface area contributed by atoms with Gasteiger partial charge in [-0.25, -0.2) is 9.18 Å². The van der Waals surface area contributed by atoms with Crippen molar-refractivity contribution in [2.24, 2.45) is 11.3 Å². The number of benzene rings is 3. The van der Waals surface area contributed by atoms with Crippen molar-refractivity contribution in [3.05, 3.63) is 105 Å². The fourth-order valence-corrected chi connectivity index (χ4v) is 6.38. The van der Waals surface area contributed by atoms with E-state index in [0.717, 1.165) is 0 Å². The van der Waals surface area contributed by atoms with Crippen LogP contribution >= 0.6 is 23.2 Å². The standard InChI is InChI=1S/C31H27Cl2FN2O4/c1-30(2,3)15-17-13-21(27(37)35-19-10-7-16(8-11-19)28(38)39)25(20-5-4-6-23(33)26(20)34)31(17)22-12-9-18(32)14-24(22)36-29(31)40/h4-14,17,25H,15H2,1-3H3,(H,35,37)(H,36,40)(H,38,39)/t17-,25-,31-/m0/s1. The number of carboxylic acid groups (broad SMARTS) is 1. The number of hydrogen-bond donors (Lipinski definition) is 3. The molecule has 0 bridgehead atoms. The van der Waals surface area contributed by atoms with Crippen molar-refractivity contribution in [2.75, 3.05) is 10.6 Å². The Labute approximate surface area is 241 Å². The Bertz CT molecular complexity index is 1580. The topological polar surface area (TPSA) is 95.5 Å². The molecule has 1 aliphatic carbocycles. The minimum Gasteiger partial charge on any atom is -0.478 e. The zero-order chi connectivity index (χ0) is 29.0. The molecule has 3 N–H and O–H groups in total. The van der Waals surface area contributed by atoms with Crippen LogP contribution in [0.1, 0.15) is 54.6 Å². The van der Waals surface area contributed by atoms with Gasteiger partial charge in [0.05, 0.1) is 16.0 Å². The van der Waals surface area contributed by atoms with E-state index in [2.05, 4.69) is 10.6 Å². The summed E-state index contributed by atoms with van der Waals surface area (Å²) in [5, 5.41) is 15.3. The highest BCUT2D eigenvalue weighted by atomic mass is 35.5. The van der Waals surface area contributed by atoms with Gasteiger partial charge in [0.2, 0.25) is 5.91 Å². The Balaban J connectivity index is 1.71. The van der Waals surface area contributed by atoms with Crippen LogP contribution in [0.4, 0.5) is 15.8 Å². The Hall–Kier alpha value is -3.68. The SMILES string of the molecule is CC(C)(C)C[C@@H]1C=C(C(=O)Nc2ccc(C(=O)O)cc2)[C@H](c2cccc(Cl)c2F)[C@]12C(=O)Nc1cc(Cl)ccc12. The maximum absolute atomic E-state index is 15.8. The van der Waals surface area contributed by atoms with Crippen LogP contribution < -0.4 is 10.6 Å². The fraction of sp³-hybridized carbons (Fsp3) is 0.258. The quantitative estimate of drug-likeness (QED) is 0.292. The summed E-state index contributed by atoms with van der Waals surface area (Å²) in [7, 11) is 0. The molecule has 2 aliphatic rings. The molecular weight excluding hydrogens is 554 g/mol. The van der Waals surface area contributed by atoms with Crippen LogP contribution in [-0.4, -0.2) is 22.9 Å². The Kier molecular flexibility index (Phi) is 7.01. The number of nitrogens with one attached hydrogen (secondary N) is 2. The second-order valence-corrected chi connectivity index (χ2v) is 12.3. The number of allylic oxidation sites excluding steroid dienone is 1. The van der Waals surface area contributed by atoms with Gasteiger partial charge in [-0.2, -0.15) is 0 Å². The Morgan fingerprint density at radius 2 is 1.77 bits per heavy atom. The zero-order valence-corrected chi connectivity index (χ0v) is 23.5. The van der Waals surface area contributed by atoms with Crippen LogP contribution in [0.25, 0.3) is 0 Å². The van der Waals surface area contributed by atoms with E-state index in [1.807, 2.05) is 20.8 Å². The molecule has 0 saturated carbocycles. The highest BCUT2D eigenvalue weighted by molar-refractivity contribution is 6.31. The lowest BCUT2D eigenvalue weighted by atomic mass is 9.61. The van der Waals surface area contributed by atoms with Crippen molar-refractivity contribution in [3.63, 3.8) is 0 Å². The Morgan fingerprint density at radius 1 is 1.07 bits per heavy atom. The number of hydrogen-bond acceptors (Lipinski definition) is 3. The molecule has 5 rings (SSSR count). The molecule has 6 nitrogen and oxygen atoms in total. The number of amides is 2. The number of fused-ring (bicyclic) bond motifs is 2. The number of carbonyl (C=O) groups is 3. The molecule has 0 unspecified atom stereocenters. The number of aromatic carboxylic acids is 1. The van der Waals surface area contributed by atoms with E-state index in [0.29, 0.717) is 28.4 Å². The van der Waals surface area contributed by atoms with Crippen LogP contribution in [0.5, 0.6) is 0 Å². The molecule has 9 heteroatoms. The van der Waals surface area contributed by atoms with Crippen LogP contribution in [0, 0.1) is 17.2 Å². The first-order valence-electron chi connectivity index (χ1n) is 12.7. The van der Waals surface area contributed by atoms with Crippen LogP contribution in [0.2, 0.25) is 10.0 Å². The van der Waals surface area contributed by atoms with Gasteiger partial charge < -0.3 is 15.7 Å². The third-order valence-corrected chi connectivity index (χ3v) is 8.09. The summed E-state index contributed by atoms with van der Waals surface area (Å²) in [5.74, 6) is -4.17. The maximum atomic E-state index is 15.8. The molecule has 40 heavy (non-hydrogen) atoms. The molecular formula is C31H27Cl2FN2O4. The van der Waals surface area contributed by atoms with Gasteiger partial charge in [-0.05, 0) is 71.3 Å². The largest absolute Gasteiger partial charge is 0.478 e. The molecule has 3 atom stereocenters. The molecule has 3 aromatic rings. The van der Waals surface area contributed by atoms with E-state index in [-0.39, 0.29) is 33.0 Å². The van der Waals surface area contributed by atoms with Gasteiger partial charge in [0.15, 0.2) is 0 Å². The normalized spacial score (nSPS) is 21.6. The summed E-state index contributed by atoms with van der Waals surface area (Å²) in [6, 6.07) is 15.4. The molecule has 206 valence electrons. The molecule has 0 aromatic heterocycles. The van der Waals surface area contributed by atoms with Crippen molar-refractivity contribution in [1.82, 2.24) is 0 Å². The first-order chi connectivity index (χ1) is 18.8. The van der Waals surface area contributed by atoms with E-state index < -0.39 is 34.9 Å². The van der Waals surface area contributed by atoms with Crippen molar-refractivity contribution >= 4 is 52.4 Å². The van der Waals surface area contributed by atoms with E-state index in [9.17, 15) is 19.5 Å². The van der Waals surface area contributed by atoms with Gasteiger partial charge in [0, 0.05) is 27.9 Å². The Morgan fingerprint density at radius 3 is 2.42 bits per heavy atom. The average Bonchev–Trinajstić information content (AvgIpc) is 3.35. The number of carbonyl (C=O) groups excluding carboxylic acids is 2. The van der Waals surface area contributed by atoms with Gasteiger partial charge in [-0.1, -0.05) is 68.2 Å². The molecule has 1 heterocycles. The summed E-state index contributed by atoms with van der Waals surface area (Å²) < 4.78 is 15.8. The van der Waals surface area contributed by atoms with Crippen molar-refractivity contribution in [2.45, 2.75) is 38.5 Å². The molecule has 2 amide bonds. The third-order valence-electron chi connectivity index (χ3n) is 7.56. The van der Waals surface area contributed by atoms with Crippen molar-refractivity contribution in [3.8, 4) is 0 Å². The highest BCUT2D eigenvalue weighted by Crippen LogP contribution is 2.61. The second-order valence-electron chi connectivity index (χ2n) is 11.4. The summed E-state index contributed by atoms with van der Waals surface area (Å²) in [6.07, 6.45) is 2.30. The van der Waals surface area contributed by atoms with Crippen molar-refractivity contribution < 1.29 is 23.9 Å². The monoisotopic (exact) mass is 580 g/mol. The van der Waals surface area contributed by atoms with E-state index in [1.165, 1.54) is 30.3 Å². The predicted octanol–water partition coefficient (Wildman–Crippen LogP) is 7.44. The molecule has 0 fully saturated rings. The van der Waals surface area contributed by atoms with E-state index in [4.69, 9.17) is 23.2 Å². The summed E-state index contributed by atoms with van der Waals surface area (Å²) in [4.78, 5) is 39.3. The summed E-state index contributed by atoms with van der Waals surface area (Å²) >= 11 is 12.5. The zero-order valence-electron chi connectivity index (χ0n) is 22.0. The lowest BCUT2D eigenvalue weighted by Crippen LogP contribution is -2.45. The maximum Gasteiger partial charge on any atom is 0.335 e. The summed E-state index contributed by atoms with van der Waals surface area (Å²) in [5.41, 5.74) is 0.323. The number of rotatable bonds is 5. The first-order valence-corrected chi connectivity index (χ1v) is 13.5. The molecule has 1 spiro atoms. The molecule has 3 aromatic carbocycles. The number of carboxylic acids is 1. The number of anilines is 2. The van der Waals surface area contributed by atoms with Gasteiger partial charge in [-0.15, -0.1) is 0 Å². The summed E-state index contributed by atoms with van der Waals surface area (Å²) in [6.45, 7) is 6.13. The minimum absolute atomic E-state index is 0.0686. The van der Waals surface area contributed by atoms with Gasteiger partial charge in [0.25, 0.3) is 5.91 Å². The first kappa shape index (κ1) is 27.9. The van der Waals surface area contributed by atoms with E-state index >= 15 is 4.39 Å². The molecule has 1 aliphatic heterocycles. The smallest absolute Gasteiger partial charge is 0.335 e. The second kappa shape index (κ2) is 10.1. The van der Waals surface area contributed by atoms with E-state index in [1.54, 1.807) is 36.4 Å². The number of halogens is 3. The van der Waals surface area contributed by atoms with Gasteiger partial charge in [0.1, 0.15) is 5.82 Å². The molecule has 0 radical (unpaired) electrons. The lowest BCUT2D eigenvalue weighted by Gasteiger charge is -2.39. The van der Waals surface area contributed by atoms with Gasteiger partial charge in [-0.3, -0.25) is 9.59 Å². The predicted molar refractivity (Wildman–Crippen MR) is 154 cm³/mol.